The summed E-state index contributed by atoms with van der Waals surface area (Å²) in [5.41, 5.74) is 4.16. The number of allylic oxidation sites excluding steroid dienone is 2. The molecule has 0 radical (unpaired) electrons. The molecule has 1 aromatic heterocycles. The van der Waals surface area contributed by atoms with Gasteiger partial charge in [-0.2, -0.15) is 10.1 Å². The number of hydrogen-bond donors (Lipinski definition) is 1. The summed E-state index contributed by atoms with van der Waals surface area (Å²) in [7, 11) is 0. The fraction of sp³-hybridized carbons (Fsp3) is 0.389. The highest BCUT2D eigenvalue weighted by molar-refractivity contribution is 5.99. The second kappa shape index (κ2) is 5.05. The van der Waals surface area contributed by atoms with Crippen molar-refractivity contribution in [2.45, 2.75) is 39.7 Å². The molecule has 5 heteroatoms. The quantitative estimate of drug-likeness (QED) is 0.879. The van der Waals surface area contributed by atoms with E-state index in [1.54, 1.807) is 0 Å². The third-order valence-electron chi connectivity index (χ3n) is 4.71. The highest BCUT2D eigenvalue weighted by Crippen LogP contribution is 2.41. The van der Waals surface area contributed by atoms with Gasteiger partial charge in [-0.25, -0.2) is 4.68 Å². The molecular weight excluding hydrogens is 288 g/mol. The van der Waals surface area contributed by atoms with Crippen LogP contribution in [-0.4, -0.2) is 20.5 Å². The fourth-order valence-electron chi connectivity index (χ4n) is 3.69. The number of carbonyl (C=O) groups is 1. The molecule has 2 aliphatic rings. The fourth-order valence-corrected chi connectivity index (χ4v) is 3.69. The van der Waals surface area contributed by atoms with E-state index in [1.807, 2.05) is 23.7 Å². The summed E-state index contributed by atoms with van der Waals surface area (Å²) in [5, 5.41) is 7.90. The Kier molecular flexibility index (Phi) is 3.11. The Morgan fingerprint density at radius 3 is 2.78 bits per heavy atom. The molecule has 0 fully saturated rings. The number of rotatable bonds is 1. The lowest BCUT2D eigenvalue weighted by Gasteiger charge is -2.34. The van der Waals surface area contributed by atoms with Gasteiger partial charge < -0.3 is 5.32 Å². The third kappa shape index (κ3) is 2.19. The van der Waals surface area contributed by atoms with Crippen molar-refractivity contribution in [2.24, 2.45) is 5.92 Å². The van der Waals surface area contributed by atoms with Crippen LogP contribution in [0.25, 0.3) is 0 Å². The van der Waals surface area contributed by atoms with Gasteiger partial charge in [0.15, 0.2) is 5.78 Å². The summed E-state index contributed by atoms with van der Waals surface area (Å²) in [5.74, 6) is 2.03. The molecule has 0 unspecified atom stereocenters. The molecule has 118 valence electrons. The second-order valence-corrected chi connectivity index (χ2v) is 6.64. The smallest absolute Gasteiger partial charge is 0.226 e. The topological polar surface area (TPSA) is 59.8 Å². The van der Waals surface area contributed by atoms with Crippen LogP contribution in [0.5, 0.6) is 0 Å². The van der Waals surface area contributed by atoms with Crippen molar-refractivity contribution >= 4 is 11.7 Å². The summed E-state index contributed by atoms with van der Waals surface area (Å²) >= 11 is 0. The van der Waals surface area contributed by atoms with Gasteiger partial charge in [0, 0.05) is 17.7 Å². The van der Waals surface area contributed by atoms with Crippen LogP contribution in [0.2, 0.25) is 0 Å². The molecule has 0 bridgehead atoms. The number of carbonyl (C=O) groups excluding carboxylic acids is 1. The number of fused-ring (bicyclic) bond motifs is 1. The van der Waals surface area contributed by atoms with Crippen molar-refractivity contribution in [3.8, 4) is 0 Å². The number of ketones is 1. The van der Waals surface area contributed by atoms with Gasteiger partial charge in [0.25, 0.3) is 0 Å². The van der Waals surface area contributed by atoms with E-state index >= 15 is 0 Å². The summed E-state index contributed by atoms with van der Waals surface area (Å²) in [6, 6.07) is 8.03. The monoisotopic (exact) mass is 308 g/mol. The van der Waals surface area contributed by atoms with Gasteiger partial charge in [-0.1, -0.05) is 31.2 Å². The Bertz CT molecular complexity index is 833. The molecule has 0 spiro atoms. The number of anilines is 1. The molecule has 0 saturated carbocycles. The Morgan fingerprint density at radius 2 is 2.00 bits per heavy atom. The molecule has 2 atom stereocenters. The number of nitrogens with zero attached hydrogens (tertiary/aromatic N) is 3. The number of aryl methyl sites for hydroxylation is 2. The predicted molar refractivity (Wildman–Crippen MR) is 88.1 cm³/mol. The van der Waals surface area contributed by atoms with Crippen molar-refractivity contribution < 1.29 is 4.79 Å². The molecule has 1 aliphatic heterocycles. The van der Waals surface area contributed by atoms with Crippen LogP contribution >= 0.6 is 0 Å². The molecule has 4 rings (SSSR count). The van der Waals surface area contributed by atoms with E-state index in [0.29, 0.717) is 18.2 Å². The maximum Gasteiger partial charge on any atom is 0.226 e. The van der Waals surface area contributed by atoms with Gasteiger partial charge in [0.2, 0.25) is 5.95 Å². The summed E-state index contributed by atoms with van der Waals surface area (Å²) in [6.45, 7) is 6.08. The minimum atomic E-state index is -0.177. The number of aromatic nitrogens is 3. The average Bonchev–Trinajstić information content (AvgIpc) is 2.85. The van der Waals surface area contributed by atoms with E-state index in [2.05, 4.69) is 41.4 Å². The van der Waals surface area contributed by atoms with Crippen LogP contribution in [0, 0.1) is 19.8 Å². The highest BCUT2D eigenvalue weighted by Gasteiger charge is 2.38. The molecule has 1 aromatic carbocycles. The van der Waals surface area contributed by atoms with Crippen LogP contribution < -0.4 is 5.32 Å². The molecule has 0 amide bonds. The van der Waals surface area contributed by atoms with E-state index in [4.69, 9.17) is 0 Å². The number of hydrogen-bond acceptors (Lipinski definition) is 4. The Morgan fingerprint density at radius 1 is 1.22 bits per heavy atom. The maximum absolute atomic E-state index is 12.8. The van der Waals surface area contributed by atoms with Crippen molar-refractivity contribution in [1.82, 2.24) is 14.8 Å². The average molecular weight is 308 g/mol. The van der Waals surface area contributed by atoms with Crippen molar-refractivity contribution in [1.29, 1.82) is 0 Å². The van der Waals surface area contributed by atoms with E-state index in [0.717, 1.165) is 34.8 Å². The molecule has 23 heavy (non-hydrogen) atoms. The van der Waals surface area contributed by atoms with E-state index in [9.17, 15) is 4.79 Å². The molecule has 2 aromatic rings. The molecule has 1 N–H and O–H groups in total. The molecular formula is C18H20N4O. The van der Waals surface area contributed by atoms with Gasteiger partial charge in [-0.05, 0) is 37.3 Å². The number of benzene rings is 1. The second-order valence-electron chi connectivity index (χ2n) is 6.64. The zero-order valence-corrected chi connectivity index (χ0v) is 13.6. The first-order chi connectivity index (χ1) is 11.0. The molecule has 5 nitrogen and oxygen atoms in total. The lowest BCUT2D eigenvalue weighted by molar-refractivity contribution is -0.117. The van der Waals surface area contributed by atoms with Gasteiger partial charge in [0.05, 0.1) is 0 Å². The standard InChI is InChI=1S/C18H20N4O/c1-10-8-14-16(15(23)9-10)17(13-7-5-4-6-11(13)2)22-18(20-14)19-12(3)21-22/h4-7,10,17H,8-9H2,1-3H3,(H,19,20,21)/t10-,17+/m0/s1. The predicted octanol–water partition coefficient (Wildman–Crippen LogP) is 3.16. The summed E-state index contributed by atoms with van der Waals surface area (Å²) in [6.07, 6.45) is 1.49. The third-order valence-corrected chi connectivity index (χ3v) is 4.71. The first kappa shape index (κ1) is 14.2. The zero-order valence-electron chi connectivity index (χ0n) is 13.6. The Hall–Kier alpha value is -2.43. The SMILES string of the molecule is Cc1nc2n(n1)[C@H](c1ccccc1C)C1=C(C[C@H](C)CC1=O)N2. The van der Waals surface area contributed by atoms with Crippen LogP contribution in [0.4, 0.5) is 5.95 Å². The number of nitrogens with one attached hydrogen (secondary N) is 1. The van der Waals surface area contributed by atoms with Gasteiger partial charge in [-0.15, -0.1) is 0 Å². The van der Waals surface area contributed by atoms with Crippen LogP contribution in [0.1, 0.15) is 42.8 Å². The van der Waals surface area contributed by atoms with Crippen molar-refractivity contribution in [3.05, 3.63) is 52.5 Å². The van der Waals surface area contributed by atoms with Crippen molar-refractivity contribution in [3.63, 3.8) is 0 Å². The van der Waals surface area contributed by atoms with Crippen molar-refractivity contribution in [2.75, 3.05) is 5.32 Å². The first-order valence-electron chi connectivity index (χ1n) is 8.06. The summed E-state index contributed by atoms with van der Waals surface area (Å²) in [4.78, 5) is 17.3. The van der Waals surface area contributed by atoms with Gasteiger partial charge in [-0.3, -0.25) is 4.79 Å². The lowest BCUT2D eigenvalue weighted by atomic mass is 9.80. The molecule has 0 saturated heterocycles. The van der Waals surface area contributed by atoms with Gasteiger partial charge in [0.1, 0.15) is 11.9 Å². The zero-order chi connectivity index (χ0) is 16.1. The lowest BCUT2D eigenvalue weighted by Crippen LogP contribution is -2.33. The van der Waals surface area contributed by atoms with Gasteiger partial charge >= 0.3 is 0 Å². The van der Waals surface area contributed by atoms with E-state index in [1.165, 1.54) is 0 Å². The minimum Gasteiger partial charge on any atom is -0.328 e. The van der Waals surface area contributed by atoms with Crippen LogP contribution in [0.15, 0.2) is 35.5 Å². The number of Topliss-reactive ketones (excluding diaryl/α,β-unsaturated/α-hetero) is 1. The normalized spacial score (nSPS) is 23.3. The van der Waals surface area contributed by atoms with Crippen LogP contribution in [-0.2, 0) is 4.79 Å². The van der Waals surface area contributed by atoms with E-state index < -0.39 is 0 Å². The highest BCUT2D eigenvalue weighted by atomic mass is 16.1. The molecule has 2 heterocycles. The Balaban J connectivity index is 1.95. The maximum atomic E-state index is 12.8. The molecule has 1 aliphatic carbocycles. The first-order valence-corrected chi connectivity index (χ1v) is 8.06. The Labute approximate surface area is 135 Å². The minimum absolute atomic E-state index is 0.177. The van der Waals surface area contributed by atoms with Crippen LogP contribution in [0.3, 0.4) is 0 Å². The van der Waals surface area contributed by atoms with E-state index in [-0.39, 0.29) is 11.8 Å². The summed E-state index contributed by atoms with van der Waals surface area (Å²) < 4.78 is 1.87. The largest absolute Gasteiger partial charge is 0.328 e.